The first-order valence-electron chi connectivity index (χ1n) is 8.57. The molecule has 0 N–H and O–H groups in total. The average molecular weight is 348 g/mol. The van der Waals surface area contributed by atoms with Gasteiger partial charge < -0.3 is 4.74 Å². The highest BCUT2D eigenvalue weighted by Crippen LogP contribution is 2.21. The first kappa shape index (κ1) is 17.2. The summed E-state index contributed by atoms with van der Waals surface area (Å²) in [5.74, 6) is 0.683. The van der Waals surface area contributed by atoms with E-state index in [9.17, 15) is 4.39 Å². The van der Waals surface area contributed by atoms with Crippen LogP contribution in [0.25, 0.3) is 0 Å². The molecule has 128 valence electrons. The maximum Gasteiger partial charge on any atom is 0.123 e. The zero-order valence-corrected chi connectivity index (χ0v) is 14.5. The van der Waals surface area contributed by atoms with E-state index in [0.29, 0.717) is 12.6 Å². The van der Waals surface area contributed by atoms with E-state index in [1.807, 2.05) is 36.4 Å². The Kier molecular flexibility index (Phi) is 6.11. The van der Waals surface area contributed by atoms with Crippen LogP contribution in [0.15, 0.2) is 48.5 Å². The van der Waals surface area contributed by atoms with Gasteiger partial charge in [0.05, 0.1) is 0 Å². The topological polar surface area (TPSA) is 12.5 Å². The Labute approximate surface area is 148 Å². The van der Waals surface area contributed by atoms with E-state index < -0.39 is 0 Å². The Hall–Kier alpha value is -1.58. The first-order chi connectivity index (χ1) is 11.7. The Morgan fingerprint density at radius 2 is 1.79 bits per heavy atom. The molecule has 1 atom stereocenters. The standard InChI is InChI=1S/C20H23ClFNO/c21-17-6-10-20(11-7-17)24-14-13-23-12-2-1-3-19(23)15-16-4-8-18(22)9-5-16/h4-11,19H,1-3,12-15H2. The molecule has 0 spiro atoms. The first-order valence-corrected chi connectivity index (χ1v) is 8.95. The molecular weight excluding hydrogens is 325 g/mol. The predicted octanol–water partition coefficient (Wildman–Crippen LogP) is 4.96. The Morgan fingerprint density at radius 1 is 1.04 bits per heavy atom. The van der Waals surface area contributed by atoms with Gasteiger partial charge in [0.15, 0.2) is 0 Å². The Morgan fingerprint density at radius 3 is 2.54 bits per heavy atom. The smallest absolute Gasteiger partial charge is 0.123 e. The predicted molar refractivity (Wildman–Crippen MR) is 96.3 cm³/mol. The molecule has 0 saturated carbocycles. The molecule has 3 rings (SSSR count). The van der Waals surface area contributed by atoms with Crippen LogP contribution in [0.1, 0.15) is 24.8 Å². The van der Waals surface area contributed by atoms with Crippen LogP contribution in [0.5, 0.6) is 5.75 Å². The number of nitrogens with zero attached hydrogens (tertiary/aromatic N) is 1. The lowest BCUT2D eigenvalue weighted by Gasteiger charge is -2.35. The van der Waals surface area contributed by atoms with E-state index in [4.69, 9.17) is 16.3 Å². The molecule has 1 aliphatic rings. The van der Waals surface area contributed by atoms with E-state index in [1.54, 1.807) is 12.1 Å². The summed E-state index contributed by atoms with van der Waals surface area (Å²) in [5.41, 5.74) is 1.20. The van der Waals surface area contributed by atoms with Gasteiger partial charge in [-0.1, -0.05) is 30.2 Å². The normalized spacial score (nSPS) is 18.5. The molecule has 0 aliphatic carbocycles. The maximum absolute atomic E-state index is 13.1. The van der Waals surface area contributed by atoms with E-state index in [0.717, 1.165) is 30.3 Å². The third-order valence-corrected chi connectivity index (χ3v) is 4.85. The molecule has 4 heteroatoms. The summed E-state index contributed by atoms with van der Waals surface area (Å²) in [6, 6.07) is 14.9. The second-order valence-corrected chi connectivity index (χ2v) is 6.75. The molecule has 0 radical (unpaired) electrons. The van der Waals surface area contributed by atoms with Crippen molar-refractivity contribution in [2.24, 2.45) is 0 Å². The molecule has 2 nitrogen and oxygen atoms in total. The molecule has 1 heterocycles. The van der Waals surface area contributed by atoms with Crippen molar-refractivity contribution in [1.82, 2.24) is 4.90 Å². The molecule has 0 amide bonds. The highest BCUT2D eigenvalue weighted by atomic mass is 35.5. The van der Waals surface area contributed by atoms with Crippen LogP contribution in [-0.2, 0) is 6.42 Å². The van der Waals surface area contributed by atoms with Crippen LogP contribution >= 0.6 is 11.6 Å². The number of hydrogen-bond donors (Lipinski definition) is 0. The van der Waals surface area contributed by atoms with Crippen LogP contribution in [-0.4, -0.2) is 30.6 Å². The summed E-state index contributed by atoms with van der Waals surface area (Å²) >= 11 is 5.89. The van der Waals surface area contributed by atoms with Gasteiger partial charge in [0, 0.05) is 17.6 Å². The molecule has 2 aromatic carbocycles. The maximum atomic E-state index is 13.1. The highest BCUT2D eigenvalue weighted by molar-refractivity contribution is 6.30. The molecule has 2 aromatic rings. The second-order valence-electron chi connectivity index (χ2n) is 6.32. The fourth-order valence-electron chi connectivity index (χ4n) is 3.29. The van der Waals surface area contributed by atoms with Gasteiger partial charge in [0.2, 0.25) is 0 Å². The third-order valence-electron chi connectivity index (χ3n) is 4.59. The van der Waals surface area contributed by atoms with Gasteiger partial charge in [-0.25, -0.2) is 4.39 Å². The molecular formula is C20H23ClFNO. The molecule has 0 bridgehead atoms. The van der Waals surface area contributed by atoms with Crippen molar-refractivity contribution < 1.29 is 9.13 Å². The number of halogens is 2. The highest BCUT2D eigenvalue weighted by Gasteiger charge is 2.22. The van der Waals surface area contributed by atoms with Gasteiger partial charge in [-0.15, -0.1) is 0 Å². The lowest BCUT2D eigenvalue weighted by atomic mass is 9.95. The minimum absolute atomic E-state index is 0.171. The number of likely N-dealkylation sites (tertiary alicyclic amines) is 1. The van der Waals surface area contributed by atoms with E-state index in [-0.39, 0.29) is 5.82 Å². The van der Waals surface area contributed by atoms with Gasteiger partial charge in [-0.3, -0.25) is 4.90 Å². The van der Waals surface area contributed by atoms with Crippen molar-refractivity contribution in [3.63, 3.8) is 0 Å². The summed E-state index contributed by atoms with van der Waals surface area (Å²) in [6.07, 6.45) is 4.67. The summed E-state index contributed by atoms with van der Waals surface area (Å²) in [6.45, 7) is 2.69. The van der Waals surface area contributed by atoms with Crippen molar-refractivity contribution in [2.45, 2.75) is 31.7 Å². The molecule has 0 aromatic heterocycles. The Balaban J connectivity index is 1.52. The fraction of sp³-hybridized carbons (Fsp3) is 0.400. The summed E-state index contributed by atoms with van der Waals surface area (Å²) in [4.78, 5) is 2.50. The lowest BCUT2D eigenvalue weighted by molar-refractivity contribution is 0.122. The van der Waals surface area contributed by atoms with Crippen molar-refractivity contribution in [1.29, 1.82) is 0 Å². The van der Waals surface area contributed by atoms with Gasteiger partial charge >= 0.3 is 0 Å². The van der Waals surface area contributed by atoms with Gasteiger partial charge in [-0.05, 0) is 67.8 Å². The van der Waals surface area contributed by atoms with Gasteiger partial charge in [0.25, 0.3) is 0 Å². The minimum Gasteiger partial charge on any atom is -0.492 e. The zero-order chi connectivity index (χ0) is 16.8. The average Bonchev–Trinajstić information content (AvgIpc) is 2.60. The zero-order valence-electron chi connectivity index (χ0n) is 13.8. The molecule has 1 saturated heterocycles. The number of benzene rings is 2. The second kappa shape index (κ2) is 8.50. The number of rotatable bonds is 6. The van der Waals surface area contributed by atoms with E-state index in [2.05, 4.69) is 4.90 Å². The molecule has 1 fully saturated rings. The molecule has 24 heavy (non-hydrogen) atoms. The number of hydrogen-bond acceptors (Lipinski definition) is 2. The third kappa shape index (κ3) is 4.96. The minimum atomic E-state index is -0.171. The van der Waals surface area contributed by atoms with Crippen LogP contribution in [0.2, 0.25) is 5.02 Å². The van der Waals surface area contributed by atoms with Crippen molar-refractivity contribution in [2.75, 3.05) is 19.7 Å². The van der Waals surface area contributed by atoms with Crippen LogP contribution in [0.3, 0.4) is 0 Å². The van der Waals surface area contributed by atoms with E-state index in [1.165, 1.54) is 24.8 Å². The van der Waals surface area contributed by atoms with Crippen molar-refractivity contribution in [3.05, 3.63) is 64.9 Å². The lowest BCUT2D eigenvalue weighted by Crippen LogP contribution is -2.43. The van der Waals surface area contributed by atoms with Gasteiger partial charge in [0.1, 0.15) is 18.2 Å². The fourth-order valence-corrected chi connectivity index (χ4v) is 3.42. The van der Waals surface area contributed by atoms with Crippen molar-refractivity contribution >= 4 is 11.6 Å². The van der Waals surface area contributed by atoms with Gasteiger partial charge in [-0.2, -0.15) is 0 Å². The SMILES string of the molecule is Fc1ccc(CC2CCCCN2CCOc2ccc(Cl)cc2)cc1. The molecule has 1 unspecified atom stereocenters. The van der Waals surface area contributed by atoms with Crippen LogP contribution in [0, 0.1) is 5.82 Å². The number of piperidine rings is 1. The largest absolute Gasteiger partial charge is 0.492 e. The van der Waals surface area contributed by atoms with Crippen LogP contribution < -0.4 is 4.74 Å². The Bertz CT molecular complexity index is 629. The number of ether oxygens (including phenoxy) is 1. The summed E-state index contributed by atoms with van der Waals surface area (Å²) < 4.78 is 18.9. The molecule has 1 aliphatic heterocycles. The van der Waals surface area contributed by atoms with Crippen LogP contribution in [0.4, 0.5) is 4.39 Å². The van der Waals surface area contributed by atoms with Crippen molar-refractivity contribution in [3.8, 4) is 5.75 Å². The monoisotopic (exact) mass is 347 g/mol. The summed E-state index contributed by atoms with van der Waals surface area (Å²) in [5, 5.41) is 0.720. The summed E-state index contributed by atoms with van der Waals surface area (Å²) in [7, 11) is 0. The quantitative estimate of drug-likeness (QED) is 0.732. The van der Waals surface area contributed by atoms with E-state index >= 15 is 0 Å².